The van der Waals surface area contributed by atoms with Gasteiger partial charge in [0.25, 0.3) is 0 Å². The third kappa shape index (κ3) is 3.20. The van der Waals surface area contributed by atoms with Gasteiger partial charge in [-0.05, 0) is 49.5 Å². The topological polar surface area (TPSA) is 80.7 Å². The maximum absolute atomic E-state index is 13.4. The van der Waals surface area contributed by atoms with E-state index in [1.165, 1.54) is 6.92 Å². The predicted molar refractivity (Wildman–Crippen MR) is 101 cm³/mol. The number of carbonyl (C=O) groups excluding carboxylic acids is 3. The first-order valence-electron chi connectivity index (χ1n) is 9.82. The van der Waals surface area contributed by atoms with Gasteiger partial charge in [0, 0.05) is 24.8 Å². The Hall–Kier alpha value is -1.75. The second-order valence-electron chi connectivity index (χ2n) is 9.26. The zero-order valence-corrected chi connectivity index (χ0v) is 16.7. The summed E-state index contributed by atoms with van der Waals surface area (Å²) < 4.78 is 5.60. The van der Waals surface area contributed by atoms with E-state index in [4.69, 9.17) is 4.74 Å². The van der Waals surface area contributed by atoms with Crippen molar-refractivity contribution in [3.8, 4) is 0 Å². The SMILES string of the molecule is C=C1C(=O)C2=CC1CCC(=O)[C@]1(C)C(OC(C)=O)CCC(C)(C)C1CC2O. The van der Waals surface area contributed by atoms with Gasteiger partial charge in [0.1, 0.15) is 11.9 Å². The Labute approximate surface area is 160 Å². The first-order valence-corrected chi connectivity index (χ1v) is 9.82. The van der Waals surface area contributed by atoms with Crippen LogP contribution in [0.4, 0.5) is 0 Å². The number of aliphatic hydroxyl groups excluding tert-OH is 1. The minimum Gasteiger partial charge on any atom is -0.461 e. The molecule has 0 heterocycles. The van der Waals surface area contributed by atoms with Gasteiger partial charge < -0.3 is 9.84 Å². The lowest BCUT2D eigenvalue weighted by Gasteiger charge is -2.54. The molecule has 0 aliphatic heterocycles. The summed E-state index contributed by atoms with van der Waals surface area (Å²) in [7, 11) is 0. The van der Waals surface area contributed by atoms with E-state index in [-0.39, 0.29) is 28.8 Å². The average molecular weight is 374 g/mol. The number of Topliss-reactive ketones (excluding diaryl/α,β-unsaturated/α-hetero) is 2. The molecule has 3 aliphatic carbocycles. The minimum absolute atomic E-state index is 0.0442. The summed E-state index contributed by atoms with van der Waals surface area (Å²) in [5.74, 6) is -0.937. The number of hydrogen-bond acceptors (Lipinski definition) is 5. The Morgan fingerprint density at radius 3 is 2.56 bits per heavy atom. The molecule has 1 fully saturated rings. The lowest BCUT2D eigenvalue weighted by atomic mass is 9.51. The van der Waals surface area contributed by atoms with E-state index >= 15 is 0 Å². The monoisotopic (exact) mass is 374 g/mol. The molecule has 0 spiro atoms. The predicted octanol–water partition coefficient (Wildman–Crippen LogP) is 3.16. The van der Waals surface area contributed by atoms with Crippen LogP contribution in [0.5, 0.6) is 0 Å². The highest BCUT2D eigenvalue weighted by atomic mass is 16.5. The molecule has 0 amide bonds. The third-order valence-electron chi connectivity index (χ3n) is 7.18. The first kappa shape index (κ1) is 20.0. The minimum atomic E-state index is -0.940. The Kier molecular flexibility index (Phi) is 4.96. The number of allylic oxidation sites excluding steroid dienone is 2. The molecule has 3 aliphatic rings. The first-order chi connectivity index (χ1) is 12.5. The van der Waals surface area contributed by atoms with Crippen molar-refractivity contribution in [2.75, 3.05) is 0 Å². The van der Waals surface area contributed by atoms with Gasteiger partial charge in [-0.3, -0.25) is 14.4 Å². The normalized spacial score (nSPS) is 38.9. The molecule has 2 bridgehead atoms. The fourth-order valence-electron chi connectivity index (χ4n) is 5.51. The van der Waals surface area contributed by atoms with E-state index < -0.39 is 23.6 Å². The number of esters is 1. The van der Waals surface area contributed by atoms with Crippen molar-refractivity contribution in [1.29, 1.82) is 0 Å². The van der Waals surface area contributed by atoms with Crippen molar-refractivity contribution in [1.82, 2.24) is 0 Å². The van der Waals surface area contributed by atoms with E-state index in [0.29, 0.717) is 36.8 Å². The van der Waals surface area contributed by atoms with Gasteiger partial charge in [-0.1, -0.05) is 26.5 Å². The second kappa shape index (κ2) is 6.69. The Morgan fingerprint density at radius 1 is 1.26 bits per heavy atom. The Morgan fingerprint density at radius 2 is 1.93 bits per heavy atom. The molecule has 1 saturated carbocycles. The molecular weight excluding hydrogens is 344 g/mol. The highest BCUT2D eigenvalue weighted by Gasteiger charge is 2.58. The lowest BCUT2D eigenvalue weighted by Crippen LogP contribution is -2.57. The van der Waals surface area contributed by atoms with Crippen molar-refractivity contribution in [3.63, 3.8) is 0 Å². The van der Waals surface area contributed by atoms with Crippen LogP contribution in [0.1, 0.15) is 59.8 Å². The molecule has 4 unspecified atom stereocenters. The average Bonchev–Trinajstić information content (AvgIpc) is 2.86. The summed E-state index contributed by atoms with van der Waals surface area (Å²) in [6.07, 6.45) is 2.86. The molecule has 0 aromatic heterocycles. The quantitative estimate of drug-likeness (QED) is 0.563. The van der Waals surface area contributed by atoms with Crippen LogP contribution in [-0.4, -0.2) is 34.9 Å². The van der Waals surface area contributed by atoms with Crippen molar-refractivity contribution in [3.05, 3.63) is 23.8 Å². The summed E-state index contributed by atoms with van der Waals surface area (Å²) in [4.78, 5) is 37.7. The van der Waals surface area contributed by atoms with Crippen LogP contribution in [0.2, 0.25) is 0 Å². The molecule has 27 heavy (non-hydrogen) atoms. The summed E-state index contributed by atoms with van der Waals surface area (Å²) in [5.41, 5.74) is -0.231. The van der Waals surface area contributed by atoms with Crippen LogP contribution in [0.25, 0.3) is 0 Å². The van der Waals surface area contributed by atoms with Crippen LogP contribution < -0.4 is 0 Å². The molecule has 3 rings (SSSR count). The Balaban J connectivity index is 2.07. The summed E-state index contributed by atoms with van der Waals surface area (Å²) in [5, 5.41) is 10.9. The molecule has 5 atom stereocenters. The van der Waals surface area contributed by atoms with E-state index in [2.05, 4.69) is 20.4 Å². The van der Waals surface area contributed by atoms with E-state index in [9.17, 15) is 19.5 Å². The van der Waals surface area contributed by atoms with E-state index in [0.717, 1.165) is 6.42 Å². The highest BCUT2D eigenvalue weighted by molar-refractivity contribution is 6.11. The molecule has 0 saturated heterocycles. The van der Waals surface area contributed by atoms with Crippen molar-refractivity contribution >= 4 is 17.5 Å². The maximum atomic E-state index is 13.4. The molecule has 0 radical (unpaired) electrons. The molecule has 5 nitrogen and oxygen atoms in total. The van der Waals surface area contributed by atoms with Gasteiger partial charge in [0.15, 0.2) is 5.78 Å². The van der Waals surface area contributed by atoms with Gasteiger partial charge in [-0.25, -0.2) is 0 Å². The van der Waals surface area contributed by atoms with Crippen molar-refractivity contribution in [2.45, 2.75) is 72.0 Å². The number of ether oxygens (including phenoxy) is 1. The number of carbonyl (C=O) groups is 3. The summed E-state index contributed by atoms with van der Waals surface area (Å²) >= 11 is 0. The van der Waals surface area contributed by atoms with Crippen molar-refractivity contribution < 1.29 is 24.2 Å². The second-order valence-corrected chi connectivity index (χ2v) is 9.26. The molecule has 1 N–H and O–H groups in total. The largest absolute Gasteiger partial charge is 0.461 e. The number of rotatable bonds is 1. The van der Waals surface area contributed by atoms with Gasteiger partial charge in [0.05, 0.1) is 11.5 Å². The lowest BCUT2D eigenvalue weighted by molar-refractivity contribution is -0.177. The highest BCUT2D eigenvalue weighted by Crippen LogP contribution is 2.56. The van der Waals surface area contributed by atoms with Crippen LogP contribution in [0, 0.1) is 22.7 Å². The summed E-state index contributed by atoms with van der Waals surface area (Å²) in [6, 6.07) is 0. The standard InChI is InChI=1S/C22H30O5/c1-12-14-6-7-18(25)22(5)17(11-16(24)15(10-14)20(12)26)21(3,4)9-8-19(22)27-13(2)23/h10,14,16-17,19,24H,1,6-9,11H2,2-5H3/t14?,16?,17?,19?,22-/m1/s1. The van der Waals surface area contributed by atoms with Gasteiger partial charge in [0.2, 0.25) is 0 Å². The third-order valence-corrected chi connectivity index (χ3v) is 7.18. The molecule has 0 aromatic carbocycles. The van der Waals surface area contributed by atoms with Crippen LogP contribution >= 0.6 is 0 Å². The maximum Gasteiger partial charge on any atom is 0.302 e. The molecule has 5 heteroatoms. The summed E-state index contributed by atoms with van der Waals surface area (Å²) in [6.45, 7) is 11.3. The van der Waals surface area contributed by atoms with Crippen LogP contribution in [0.3, 0.4) is 0 Å². The molecule has 148 valence electrons. The molecular formula is C22H30O5. The molecule has 0 aromatic rings. The van der Waals surface area contributed by atoms with Crippen LogP contribution in [0.15, 0.2) is 23.8 Å². The smallest absolute Gasteiger partial charge is 0.302 e. The fraction of sp³-hybridized carbons (Fsp3) is 0.682. The number of hydrogen-bond donors (Lipinski definition) is 1. The number of ketones is 2. The van der Waals surface area contributed by atoms with E-state index in [1.54, 1.807) is 6.08 Å². The number of aliphatic hydroxyl groups is 1. The zero-order valence-electron chi connectivity index (χ0n) is 16.7. The van der Waals surface area contributed by atoms with Gasteiger partial charge in [-0.15, -0.1) is 0 Å². The fourth-order valence-corrected chi connectivity index (χ4v) is 5.51. The van der Waals surface area contributed by atoms with Gasteiger partial charge in [-0.2, -0.15) is 0 Å². The van der Waals surface area contributed by atoms with Crippen molar-refractivity contribution in [2.24, 2.45) is 22.7 Å². The van der Waals surface area contributed by atoms with Crippen LogP contribution in [-0.2, 0) is 19.1 Å². The van der Waals surface area contributed by atoms with Gasteiger partial charge >= 0.3 is 5.97 Å². The number of fused-ring (bicyclic) bond motifs is 2. The Bertz CT molecular complexity index is 731. The van der Waals surface area contributed by atoms with E-state index in [1.807, 2.05) is 6.92 Å². The zero-order chi connectivity index (χ0) is 20.1.